The van der Waals surface area contributed by atoms with Crippen LogP contribution in [0.1, 0.15) is 21.5 Å². The van der Waals surface area contributed by atoms with Gasteiger partial charge in [0.25, 0.3) is 5.91 Å². The van der Waals surface area contributed by atoms with Gasteiger partial charge < -0.3 is 4.57 Å². The molecule has 1 heterocycles. The minimum atomic E-state index is -0.393. The molecule has 4 nitrogen and oxygen atoms in total. The van der Waals surface area contributed by atoms with E-state index in [1.165, 1.54) is 11.6 Å². The summed E-state index contributed by atoms with van der Waals surface area (Å²) in [5.41, 5.74) is 6.07. The number of benzene rings is 3. The molecule has 0 aliphatic rings. The van der Waals surface area contributed by atoms with E-state index in [4.69, 9.17) is 23.2 Å². The van der Waals surface area contributed by atoms with Crippen LogP contribution in [0.5, 0.6) is 0 Å². The highest BCUT2D eigenvalue weighted by molar-refractivity contribution is 6.36. The number of hydrogen-bond acceptors (Lipinski definition) is 2. The number of amides is 1. The summed E-state index contributed by atoms with van der Waals surface area (Å²) in [5, 5.41) is 5.94. The van der Waals surface area contributed by atoms with E-state index in [1.807, 2.05) is 42.6 Å². The van der Waals surface area contributed by atoms with Crippen LogP contribution in [0.2, 0.25) is 10.0 Å². The summed E-state index contributed by atoms with van der Waals surface area (Å²) in [6, 6.07) is 23.1. The number of fused-ring (bicyclic) bond motifs is 1. The van der Waals surface area contributed by atoms with Crippen LogP contribution >= 0.6 is 23.2 Å². The quantitative estimate of drug-likeness (QED) is 0.323. The van der Waals surface area contributed by atoms with Crippen molar-refractivity contribution < 1.29 is 4.79 Å². The lowest BCUT2D eigenvalue weighted by atomic mass is 10.2. The van der Waals surface area contributed by atoms with E-state index in [2.05, 4.69) is 33.3 Å². The van der Waals surface area contributed by atoms with Crippen LogP contribution in [0.25, 0.3) is 10.9 Å². The van der Waals surface area contributed by atoms with Crippen LogP contribution in [-0.4, -0.2) is 16.7 Å². The standard InChI is InChI=1S/C23H17Cl2N3O/c24-18-10-11-20(21(25)12-18)23(29)27-26-13-17-15-28(14-16-6-2-1-3-7-16)22-9-5-4-8-19(17)22/h1-13,15H,14H2,(H,27,29)/b26-13-. The number of nitrogens with zero attached hydrogens (tertiary/aromatic N) is 2. The fourth-order valence-electron chi connectivity index (χ4n) is 3.18. The molecule has 0 saturated carbocycles. The van der Waals surface area contributed by atoms with E-state index in [1.54, 1.807) is 18.3 Å². The van der Waals surface area contributed by atoms with E-state index in [0.717, 1.165) is 23.0 Å². The first-order valence-electron chi connectivity index (χ1n) is 9.02. The Morgan fingerprint density at radius 3 is 2.55 bits per heavy atom. The lowest BCUT2D eigenvalue weighted by molar-refractivity contribution is 0.0955. The molecule has 0 aliphatic heterocycles. The molecule has 0 fully saturated rings. The third kappa shape index (κ3) is 4.34. The summed E-state index contributed by atoms with van der Waals surface area (Å²) >= 11 is 12.0. The van der Waals surface area contributed by atoms with Crippen molar-refractivity contribution in [2.24, 2.45) is 5.10 Å². The van der Waals surface area contributed by atoms with Crippen LogP contribution in [0.15, 0.2) is 84.1 Å². The SMILES string of the molecule is O=C(N/N=C\c1cn(Cc2ccccc2)c2ccccc12)c1ccc(Cl)cc1Cl. The Kier molecular flexibility index (Phi) is 5.65. The monoisotopic (exact) mass is 421 g/mol. The van der Waals surface area contributed by atoms with Crippen molar-refractivity contribution in [2.45, 2.75) is 6.54 Å². The summed E-state index contributed by atoms with van der Waals surface area (Å²) in [7, 11) is 0. The van der Waals surface area contributed by atoms with Crippen LogP contribution in [0.3, 0.4) is 0 Å². The van der Waals surface area contributed by atoms with Gasteiger partial charge in [-0.25, -0.2) is 5.43 Å². The largest absolute Gasteiger partial charge is 0.342 e. The highest BCUT2D eigenvalue weighted by atomic mass is 35.5. The minimum Gasteiger partial charge on any atom is -0.342 e. The van der Waals surface area contributed by atoms with Crippen molar-refractivity contribution in [1.82, 2.24) is 9.99 Å². The number of carbonyl (C=O) groups is 1. The topological polar surface area (TPSA) is 46.4 Å². The fraction of sp³-hybridized carbons (Fsp3) is 0.0435. The van der Waals surface area contributed by atoms with Gasteiger partial charge >= 0.3 is 0 Å². The summed E-state index contributed by atoms with van der Waals surface area (Å²) in [6.45, 7) is 0.752. The van der Waals surface area contributed by atoms with Gasteiger partial charge in [0.2, 0.25) is 0 Å². The van der Waals surface area contributed by atoms with Crippen molar-refractivity contribution >= 4 is 46.2 Å². The number of aromatic nitrogens is 1. The first-order chi connectivity index (χ1) is 14.1. The molecule has 4 aromatic rings. The highest BCUT2D eigenvalue weighted by Crippen LogP contribution is 2.22. The van der Waals surface area contributed by atoms with Crippen LogP contribution in [0.4, 0.5) is 0 Å². The predicted molar refractivity (Wildman–Crippen MR) is 119 cm³/mol. The molecule has 144 valence electrons. The molecule has 0 atom stereocenters. The average Bonchev–Trinajstić information content (AvgIpc) is 3.06. The highest BCUT2D eigenvalue weighted by Gasteiger charge is 2.10. The van der Waals surface area contributed by atoms with Gasteiger partial charge in [0.1, 0.15) is 0 Å². The second-order valence-corrected chi connectivity index (χ2v) is 7.38. The molecular weight excluding hydrogens is 405 g/mol. The lowest BCUT2D eigenvalue weighted by Crippen LogP contribution is -2.18. The van der Waals surface area contributed by atoms with E-state index < -0.39 is 5.91 Å². The third-order valence-electron chi connectivity index (χ3n) is 4.56. The van der Waals surface area contributed by atoms with Crippen molar-refractivity contribution in [1.29, 1.82) is 0 Å². The molecule has 1 amide bonds. The normalized spacial score (nSPS) is 11.2. The van der Waals surface area contributed by atoms with Gasteiger partial charge in [0, 0.05) is 34.2 Å². The Morgan fingerprint density at radius 1 is 1.00 bits per heavy atom. The summed E-state index contributed by atoms with van der Waals surface area (Å²) < 4.78 is 2.17. The van der Waals surface area contributed by atoms with Gasteiger partial charge in [-0.15, -0.1) is 0 Å². The first kappa shape index (κ1) is 19.2. The second-order valence-electron chi connectivity index (χ2n) is 6.54. The third-order valence-corrected chi connectivity index (χ3v) is 5.11. The molecule has 0 aliphatic carbocycles. The molecular formula is C23H17Cl2N3O. The van der Waals surface area contributed by atoms with Gasteiger partial charge in [-0.3, -0.25) is 4.79 Å². The number of nitrogens with one attached hydrogen (secondary N) is 1. The van der Waals surface area contributed by atoms with Gasteiger partial charge in [0.05, 0.1) is 16.8 Å². The Balaban J connectivity index is 1.57. The maximum Gasteiger partial charge on any atom is 0.272 e. The van der Waals surface area contributed by atoms with Gasteiger partial charge in [-0.1, -0.05) is 71.7 Å². The smallest absolute Gasteiger partial charge is 0.272 e. The maximum absolute atomic E-state index is 12.3. The van der Waals surface area contributed by atoms with Crippen molar-refractivity contribution in [2.75, 3.05) is 0 Å². The zero-order valence-electron chi connectivity index (χ0n) is 15.3. The molecule has 1 aromatic heterocycles. The number of hydrogen-bond donors (Lipinski definition) is 1. The summed E-state index contributed by atoms with van der Waals surface area (Å²) in [5.74, 6) is -0.393. The molecule has 3 aromatic carbocycles. The zero-order valence-corrected chi connectivity index (χ0v) is 16.9. The second kappa shape index (κ2) is 8.52. The molecule has 0 bridgehead atoms. The van der Waals surface area contributed by atoms with Gasteiger partial charge in [-0.05, 0) is 29.8 Å². The Hall–Kier alpha value is -3.08. The van der Waals surface area contributed by atoms with E-state index in [9.17, 15) is 4.79 Å². The van der Waals surface area contributed by atoms with E-state index in [-0.39, 0.29) is 5.02 Å². The van der Waals surface area contributed by atoms with Crippen molar-refractivity contribution in [3.63, 3.8) is 0 Å². The molecule has 29 heavy (non-hydrogen) atoms. The van der Waals surface area contributed by atoms with Crippen molar-refractivity contribution in [3.8, 4) is 0 Å². The molecule has 6 heteroatoms. The van der Waals surface area contributed by atoms with Crippen LogP contribution < -0.4 is 5.43 Å². The fourth-order valence-corrected chi connectivity index (χ4v) is 3.68. The Morgan fingerprint density at radius 2 is 1.76 bits per heavy atom. The summed E-state index contributed by atoms with van der Waals surface area (Å²) in [4.78, 5) is 12.3. The maximum atomic E-state index is 12.3. The average molecular weight is 422 g/mol. The number of rotatable bonds is 5. The number of hydrazone groups is 1. The van der Waals surface area contributed by atoms with E-state index >= 15 is 0 Å². The molecule has 0 unspecified atom stereocenters. The van der Waals surface area contributed by atoms with Crippen LogP contribution in [-0.2, 0) is 6.54 Å². The molecule has 1 N–H and O–H groups in total. The van der Waals surface area contributed by atoms with Gasteiger partial charge in [0.15, 0.2) is 0 Å². The minimum absolute atomic E-state index is 0.282. The number of para-hydroxylation sites is 1. The van der Waals surface area contributed by atoms with Gasteiger partial charge in [-0.2, -0.15) is 5.10 Å². The molecule has 0 radical (unpaired) electrons. The van der Waals surface area contributed by atoms with Crippen LogP contribution in [0, 0.1) is 0 Å². The number of halogens is 2. The number of carbonyl (C=O) groups excluding carboxylic acids is 1. The Labute approximate surface area is 178 Å². The van der Waals surface area contributed by atoms with E-state index in [0.29, 0.717) is 10.6 Å². The molecule has 4 rings (SSSR count). The molecule has 0 spiro atoms. The Bertz CT molecular complexity index is 1200. The zero-order chi connectivity index (χ0) is 20.2. The first-order valence-corrected chi connectivity index (χ1v) is 9.77. The van der Waals surface area contributed by atoms with Crippen molar-refractivity contribution in [3.05, 3.63) is 106 Å². The molecule has 0 saturated heterocycles. The summed E-state index contributed by atoms with van der Waals surface area (Å²) in [6.07, 6.45) is 3.67. The lowest BCUT2D eigenvalue weighted by Gasteiger charge is -2.05. The predicted octanol–water partition coefficient (Wildman–Crippen LogP) is 5.76.